The number of hydrogen-bond acceptors (Lipinski definition) is 3. The topological polar surface area (TPSA) is 51.2 Å². The van der Waals surface area contributed by atoms with Gasteiger partial charge in [-0.15, -0.1) is 0 Å². The fourth-order valence-electron chi connectivity index (χ4n) is 3.22. The molecule has 0 radical (unpaired) electrons. The van der Waals surface area contributed by atoms with Crippen molar-refractivity contribution in [3.05, 3.63) is 106 Å². The Balaban J connectivity index is 1.84. The minimum absolute atomic E-state index is 0.0125. The van der Waals surface area contributed by atoms with E-state index in [9.17, 15) is 14.4 Å². The molecule has 0 aliphatic heterocycles. The number of carbonyl (C=O) groups is 3. The van der Waals surface area contributed by atoms with Crippen molar-refractivity contribution in [2.75, 3.05) is 0 Å². The predicted octanol–water partition coefficient (Wildman–Crippen LogP) is 5.36. The Hall–Kier alpha value is -3.33. The molecule has 0 spiro atoms. The van der Waals surface area contributed by atoms with Crippen LogP contribution in [0.15, 0.2) is 66.7 Å². The van der Waals surface area contributed by atoms with Gasteiger partial charge in [-0.2, -0.15) is 0 Å². The van der Waals surface area contributed by atoms with Gasteiger partial charge in [-0.25, -0.2) is 0 Å². The van der Waals surface area contributed by atoms with Gasteiger partial charge in [0.2, 0.25) is 0 Å². The lowest BCUT2D eigenvalue weighted by molar-refractivity contribution is 0.0986. The molecular weight excluding hydrogens is 360 g/mol. The molecule has 3 heteroatoms. The second-order valence-corrected chi connectivity index (χ2v) is 7.53. The smallest absolute Gasteiger partial charge is 0.167 e. The summed E-state index contributed by atoms with van der Waals surface area (Å²) in [6.45, 7) is 5.44. The van der Waals surface area contributed by atoms with E-state index in [1.165, 1.54) is 6.92 Å². The zero-order valence-corrected chi connectivity index (χ0v) is 17.0. The van der Waals surface area contributed by atoms with Gasteiger partial charge >= 0.3 is 0 Å². The summed E-state index contributed by atoms with van der Waals surface area (Å²) in [5.41, 5.74) is 5.48. The molecule has 29 heavy (non-hydrogen) atoms. The highest BCUT2D eigenvalue weighted by molar-refractivity contribution is 6.00. The molecule has 0 atom stereocenters. The van der Waals surface area contributed by atoms with Crippen molar-refractivity contribution < 1.29 is 14.4 Å². The molecule has 0 aliphatic rings. The molecule has 146 valence electrons. The molecule has 0 amide bonds. The summed E-state index contributed by atoms with van der Waals surface area (Å²) in [6.07, 6.45) is 0.381. The van der Waals surface area contributed by atoms with Crippen LogP contribution in [0, 0.1) is 13.8 Å². The van der Waals surface area contributed by atoms with Gasteiger partial charge in [0.05, 0.1) is 0 Å². The first-order chi connectivity index (χ1) is 13.8. The zero-order chi connectivity index (χ0) is 21.0. The Kier molecular flexibility index (Phi) is 6.18. The molecular formula is C26H24O3. The summed E-state index contributed by atoms with van der Waals surface area (Å²) in [5.74, 6) is -0.110. The highest BCUT2D eigenvalue weighted by Gasteiger charge is 2.13. The molecule has 3 nitrogen and oxygen atoms in total. The lowest BCUT2D eigenvalue weighted by atomic mass is 9.94. The normalized spacial score (nSPS) is 10.6. The number of ketones is 3. The second kappa shape index (κ2) is 8.78. The number of benzene rings is 3. The summed E-state index contributed by atoms with van der Waals surface area (Å²) in [4.78, 5) is 37.2. The Bertz CT molecular complexity index is 980. The number of carbonyl (C=O) groups excluding carboxylic acids is 3. The van der Waals surface area contributed by atoms with Crippen molar-refractivity contribution >= 4 is 17.3 Å². The monoisotopic (exact) mass is 384 g/mol. The molecule has 0 aromatic heterocycles. The first-order valence-electron chi connectivity index (χ1n) is 9.65. The van der Waals surface area contributed by atoms with Crippen LogP contribution in [-0.2, 0) is 12.8 Å². The van der Waals surface area contributed by atoms with E-state index >= 15 is 0 Å². The maximum atomic E-state index is 12.6. The van der Waals surface area contributed by atoms with E-state index in [2.05, 4.69) is 0 Å². The summed E-state index contributed by atoms with van der Waals surface area (Å²) >= 11 is 0. The molecule has 3 aromatic carbocycles. The van der Waals surface area contributed by atoms with Gasteiger partial charge in [0, 0.05) is 29.5 Å². The highest BCUT2D eigenvalue weighted by atomic mass is 16.1. The van der Waals surface area contributed by atoms with Crippen LogP contribution in [0.1, 0.15) is 60.3 Å². The van der Waals surface area contributed by atoms with Crippen molar-refractivity contribution in [3.63, 3.8) is 0 Å². The van der Waals surface area contributed by atoms with Gasteiger partial charge in [-0.3, -0.25) is 14.4 Å². The van der Waals surface area contributed by atoms with E-state index in [0.717, 1.165) is 22.3 Å². The molecule has 0 saturated carbocycles. The molecule has 0 unspecified atom stereocenters. The van der Waals surface area contributed by atoms with Gasteiger partial charge in [0.15, 0.2) is 17.3 Å². The minimum atomic E-state index is -0.0846. The molecule has 0 aliphatic carbocycles. The van der Waals surface area contributed by atoms with Gasteiger partial charge in [-0.05, 0) is 44.0 Å². The number of rotatable bonds is 7. The molecule has 0 N–H and O–H groups in total. The average molecular weight is 384 g/mol. The molecule has 3 rings (SSSR count). The molecule has 3 aromatic rings. The largest absolute Gasteiger partial charge is 0.295 e. The molecule has 0 bridgehead atoms. The Morgan fingerprint density at radius 1 is 0.586 bits per heavy atom. The predicted molar refractivity (Wildman–Crippen MR) is 115 cm³/mol. The third-order valence-corrected chi connectivity index (χ3v) is 4.94. The first kappa shape index (κ1) is 20.4. The maximum Gasteiger partial charge on any atom is 0.167 e. The van der Waals surface area contributed by atoms with Crippen LogP contribution >= 0.6 is 0 Å². The van der Waals surface area contributed by atoms with Crippen LogP contribution in [0.5, 0.6) is 0 Å². The fourth-order valence-corrected chi connectivity index (χ4v) is 3.22. The summed E-state index contributed by atoms with van der Waals surface area (Å²) in [5, 5.41) is 0. The second-order valence-electron chi connectivity index (χ2n) is 7.53. The molecule has 0 saturated heterocycles. The van der Waals surface area contributed by atoms with Gasteiger partial charge in [0.25, 0.3) is 0 Å². The van der Waals surface area contributed by atoms with E-state index in [-0.39, 0.29) is 30.2 Å². The van der Waals surface area contributed by atoms with E-state index in [1.807, 2.05) is 68.4 Å². The lowest BCUT2D eigenvalue weighted by Gasteiger charge is -2.09. The standard InChI is InChI=1S/C26H24O3/c1-17-4-8-22(9-5-17)25(28)15-20-12-21(14-24(13-20)19(3)27)16-26(29)23-10-6-18(2)7-11-23/h4-14H,15-16H2,1-3H3. The van der Waals surface area contributed by atoms with Crippen molar-refractivity contribution in [2.45, 2.75) is 33.6 Å². The van der Waals surface area contributed by atoms with Crippen molar-refractivity contribution in [3.8, 4) is 0 Å². The fraction of sp³-hybridized carbons (Fsp3) is 0.192. The Labute approximate surface area is 171 Å². The number of hydrogen-bond donors (Lipinski definition) is 0. The number of Topliss-reactive ketones (excluding diaryl/α,β-unsaturated/α-hetero) is 3. The van der Waals surface area contributed by atoms with Gasteiger partial charge in [-0.1, -0.05) is 65.7 Å². The van der Waals surface area contributed by atoms with Crippen LogP contribution < -0.4 is 0 Å². The molecule has 0 fully saturated rings. The van der Waals surface area contributed by atoms with Crippen molar-refractivity contribution in [1.29, 1.82) is 0 Å². The third kappa shape index (κ3) is 5.35. The first-order valence-corrected chi connectivity index (χ1v) is 9.65. The van der Waals surface area contributed by atoms with Crippen LogP contribution in [0.4, 0.5) is 0 Å². The summed E-state index contributed by atoms with van der Waals surface area (Å²) in [7, 11) is 0. The summed E-state index contributed by atoms with van der Waals surface area (Å²) < 4.78 is 0. The maximum absolute atomic E-state index is 12.6. The Morgan fingerprint density at radius 2 is 0.966 bits per heavy atom. The SMILES string of the molecule is CC(=O)c1cc(CC(=O)c2ccc(C)cc2)cc(CC(=O)c2ccc(C)cc2)c1. The van der Waals surface area contributed by atoms with E-state index in [0.29, 0.717) is 16.7 Å². The van der Waals surface area contributed by atoms with Gasteiger partial charge < -0.3 is 0 Å². The number of aryl methyl sites for hydroxylation is 2. The highest BCUT2D eigenvalue weighted by Crippen LogP contribution is 2.17. The van der Waals surface area contributed by atoms with Crippen LogP contribution in [0.2, 0.25) is 0 Å². The Morgan fingerprint density at radius 3 is 1.31 bits per heavy atom. The van der Waals surface area contributed by atoms with E-state index in [4.69, 9.17) is 0 Å². The lowest BCUT2D eigenvalue weighted by Crippen LogP contribution is -2.08. The van der Waals surface area contributed by atoms with Crippen LogP contribution in [0.3, 0.4) is 0 Å². The molecule has 0 heterocycles. The van der Waals surface area contributed by atoms with Crippen LogP contribution in [0.25, 0.3) is 0 Å². The van der Waals surface area contributed by atoms with Crippen molar-refractivity contribution in [2.24, 2.45) is 0 Å². The van der Waals surface area contributed by atoms with Crippen molar-refractivity contribution in [1.82, 2.24) is 0 Å². The summed E-state index contributed by atoms with van der Waals surface area (Å²) in [6, 6.07) is 20.2. The quantitative estimate of drug-likeness (QED) is 0.516. The van der Waals surface area contributed by atoms with E-state index in [1.54, 1.807) is 12.1 Å². The van der Waals surface area contributed by atoms with Crippen LogP contribution in [-0.4, -0.2) is 17.3 Å². The third-order valence-electron chi connectivity index (χ3n) is 4.94. The zero-order valence-electron chi connectivity index (χ0n) is 17.0. The average Bonchev–Trinajstić information content (AvgIpc) is 2.68. The minimum Gasteiger partial charge on any atom is -0.295 e. The van der Waals surface area contributed by atoms with E-state index < -0.39 is 0 Å². The van der Waals surface area contributed by atoms with Gasteiger partial charge in [0.1, 0.15) is 0 Å².